The largest absolute Gasteiger partial charge is 0.354 e. The number of pyridine rings is 2. The van der Waals surface area contributed by atoms with Gasteiger partial charge in [0.25, 0.3) is 0 Å². The van der Waals surface area contributed by atoms with Crippen LogP contribution in [0.3, 0.4) is 0 Å². The monoisotopic (exact) mass is 366 g/mol. The van der Waals surface area contributed by atoms with Gasteiger partial charge in [-0.1, -0.05) is 0 Å². The summed E-state index contributed by atoms with van der Waals surface area (Å²) in [4.78, 5) is 23.9. The number of rotatable bonds is 4. The molecular formula is C19H19FN6O. The van der Waals surface area contributed by atoms with Crippen LogP contribution in [0.25, 0.3) is 0 Å². The second kappa shape index (κ2) is 7.14. The Morgan fingerprint density at radius 2 is 2.11 bits per heavy atom. The number of anilines is 2. The normalized spacial score (nSPS) is 21.0. The summed E-state index contributed by atoms with van der Waals surface area (Å²) >= 11 is 0. The first-order valence-corrected chi connectivity index (χ1v) is 8.73. The molecule has 0 spiro atoms. The van der Waals surface area contributed by atoms with Gasteiger partial charge in [-0.25, -0.2) is 14.2 Å². The summed E-state index contributed by atoms with van der Waals surface area (Å²) in [6.07, 6.45) is 6.22. The fourth-order valence-electron chi connectivity index (χ4n) is 3.22. The molecule has 2 aromatic heterocycles. The van der Waals surface area contributed by atoms with Crippen LogP contribution in [0.1, 0.15) is 12.0 Å². The summed E-state index contributed by atoms with van der Waals surface area (Å²) in [5, 5.41) is 11.1. The molecule has 2 saturated heterocycles. The van der Waals surface area contributed by atoms with Crippen LogP contribution in [-0.2, 0) is 0 Å². The van der Waals surface area contributed by atoms with E-state index in [4.69, 9.17) is 5.41 Å². The van der Waals surface area contributed by atoms with Crippen LogP contribution < -0.4 is 15.1 Å². The fraction of sp³-hybridized carbons (Fsp3) is 0.263. The van der Waals surface area contributed by atoms with E-state index in [1.807, 2.05) is 4.90 Å². The minimum atomic E-state index is -0.802. The molecule has 0 saturated carbocycles. The summed E-state index contributed by atoms with van der Waals surface area (Å²) in [5.74, 6) is 0.720. The van der Waals surface area contributed by atoms with Crippen molar-refractivity contribution in [3.63, 3.8) is 0 Å². The van der Waals surface area contributed by atoms with Gasteiger partial charge in [0.05, 0.1) is 18.8 Å². The first-order valence-electron chi connectivity index (χ1n) is 8.73. The number of carbonyl (C=O) groups is 1. The average molecular weight is 366 g/mol. The van der Waals surface area contributed by atoms with E-state index >= 15 is 0 Å². The summed E-state index contributed by atoms with van der Waals surface area (Å²) in [5.41, 5.74) is 2.29. The van der Waals surface area contributed by atoms with E-state index in [0.29, 0.717) is 37.3 Å². The molecule has 4 heterocycles. The van der Waals surface area contributed by atoms with Gasteiger partial charge in [0.2, 0.25) is 0 Å². The lowest BCUT2D eigenvalue weighted by atomic mass is 10.1. The average Bonchev–Trinajstić information content (AvgIpc) is 3.28. The van der Waals surface area contributed by atoms with Crippen molar-refractivity contribution >= 4 is 23.2 Å². The van der Waals surface area contributed by atoms with Crippen molar-refractivity contribution in [1.29, 1.82) is 5.41 Å². The second-order valence-electron chi connectivity index (χ2n) is 6.54. The zero-order valence-corrected chi connectivity index (χ0v) is 14.6. The highest BCUT2D eigenvalue weighted by molar-refractivity contribution is 6.08. The molecule has 7 nitrogen and oxygen atoms in total. The van der Waals surface area contributed by atoms with E-state index in [1.54, 1.807) is 53.8 Å². The lowest BCUT2D eigenvalue weighted by Crippen LogP contribution is -2.27. The van der Waals surface area contributed by atoms with E-state index in [1.165, 1.54) is 0 Å². The maximum atomic E-state index is 13.3. The van der Waals surface area contributed by atoms with Crippen molar-refractivity contribution in [2.24, 2.45) is 0 Å². The van der Waals surface area contributed by atoms with Gasteiger partial charge in [-0.2, -0.15) is 0 Å². The lowest BCUT2D eigenvalue weighted by molar-refractivity contribution is 0.252. The SMILES string of the molecule is N=C(/C=C1/CN(c2ccncc2)C(=O)N1)c1ccc(N2CC[C@H](F)C2)nc1. The molecule has 0 radical (unpaired) electrons. The molecular weight excluding hydrogens is 347 g/mol. The number of nitrogens with zero attached hydrogens (tertiary/aromatic N) is 4. The molecule has 2 aliphatic rings. The number of alkyl halides is 1. The minimum Gasteiger partial charge on any atom is -0.354 e. The molecule has 2 amide bonds. The highest BCUT2D eigenvalue weighted by Crippen LogP contribution is 2.21. The van der Waals surface area contributed by atoms with E-state index in [9.17, 15) is 9.18 Å². The number of nitrogens with one attached hydrogen (secondary N) is 2. The minimum absolute atomic E-state index is 0.233. The Morgan fingerprint density at radius 3 is 2.78 bits per heavy atom. The molecule has 2 N–H and O–H groups in total. The number of hydrogen-bond acceptors (Lipinski definition) is 5. The molecule has 0 aromatic carbocycles. The van der Waals surface area contributed by atoms with Crippen molar-refractivity contribution in [2.45, 2.75) is 12.6 Å². The Kier molecular flexibility index (Phi) is 4.53. The van der Waals surface area contributed by atoms with Gasteiger partial charge in [0, 0.05) is 42.1 Å². The van der Waals surface area contributed by atoms with E-state index in [0.717, 1.165) is 11.5 Å². The van der Waals surface area contributed by atoms with Crippen molar-refractivity contribution < 1.29 is 9.18 Å². The summed E-state index contributed by atoms with van der Waals surface area (Å²) < 4.78 is 13.3. The topological polar surface area (TPSA) is 85.2 Å². The van der Waals surface area contributed by atoms with Crippen molar-refractivity contribution in [1.82, 2.24) is 15.3 Å². The number of urea groups is 1. The number of carbonyl (C=O) groups excluding carboxylic acids is 1. The Hall–Kier alpha value is -3.29. The van der Waals surface area contributed by atoms with Crippen LogP contribution >= 0.6 is 0 Å². The molecule has 4 rings (SSSR count). The maximum absolute atomic E-state index is 13.3. The third-order valence-corrected chi connectivity index (χ3v) is 4.65. The van der Waals surface area contributed by atoms with Gasteiger partial charge in [-0.05, 0) is 36.8 Å². The van der Waals surface area contributed by atoms with E-state index in [-0.39, 0.29) is 11.7 Å². The molecule has 0 bridgehead atoms. The molecule has 2 aliphatic heterocycles. The highest BCUT2D eigenvalue weighted by atomic mass is 19.1. The second-order valence-corrected chi connectivity index (χ2v) is 6.54. The van der Waals surface area contributed by atoms with Crippen LogP contribution in [0.15, 0.2) is 54.6 Å². The molecule has 1 atom stereocenters. The molecule has 0 unspecified atom stereocenters. The number of halogens is 1. The van der Waals surface area contributed by atoms with Crippen LogP contribution in [0.4, 0.5) is 20.7 Å². The van der Waals surface area contributed by atoms with Gasteiger partial charge < -0.3 is 15.6 Å². The van der Waals surface area contributed by atoms with Gasteiger partial charge in [-0.15, -0.1) is 0 Å². The Morgan fingerprint density at radius 1 is 1.30 bits per heavy atom. The predicted molar refractivity (Wildman–Crippen MR) is 101 cm³/mol. The number of allylic oxidation sites excluding steroid dienone is 1. The number of hydrogen-bond donors (Lipinski definition) is 2. The first-order chi connectivity index (χ1) is 13.1. The van der Waals surface area contributed by atoms with Crippen LogP contribution in [0.2, 0.25) is 0 Å². The summed E-state index contributed by atoms with van der Waals surface area (Å²) in [6.45, 7) is 1.39. The molecule has 138 valence electrons. The van der Waals surface area contributed by atoms with Crippen LogP contribution in [0, 0.1) is 5.41 Å². The van der Waals surface area contributed by atoms with Crippen molar-refractivity contribution in [3.8, 4) is 0 Å². The first kappa shape index (κ1) is 17.1. The van der Waals surface area contributed by atoms with Crippen LogP contribution in [-0.4, -0.2) is 47.5 Å². The summed E-state index contributed by atoms with van der Waals surface area (Å²) in [7, 11) is 0. The van der Waals surface area contributed by atoms with Crippen molar-refractivity contribution in [3.05, 3.63) is 60.2 Å². The van der Waals surface area contributed by atoms with Crippen molar-refractivity contribution in [2.75, 3.05) is 29.4 Å². The maximum Gasteiger partial charge on any atom is 0.326 e. The quantitative estimate of drug-likeness (QED) is 0.814. The predicted octanol–water partition coefficient (Wildman–Crippen LogP) is 2.51. The third kappa shape index (κ3) is 3.64. The molecule has 8 heteroatoms. The van der Waals surface area contributed by atoms with E-state index in [2.05, 4.69) is 15.3 Å². The Labute approximate surface area is 156 Å². The number of aromatic nitrogens is 2. The third-order valence-electron chi connectivity index (χ3n) is 4.65. The summed E-state index contributed by atoms with van der Waals surface area (Å²) in [6, 6.07) is 6.89. The van der Waals surface area contributed by atoms with Gasteiger partial charge in [-0.3, -0.25) is 9.88 Å². The van der Waals surface area contributed by atoms with Gasteiger partial charge in [0.1, 0.15) is 12.0 Å². The smallest absolute Gasteiger partial charge is 0.326 e. The Bertz CT molecular complexity index is 883. The zero-order valence-electron chi connectivity index (χ0n) is 14.6. The lowest BCUT2D eigenvalue weighted by Gasteiger charge is -2.16. The number of amides is 2. The molecule has 2 aromatic rings. The highest BCUT2D eigenvalue weighted by Gasteiger charge is 2.26. The van der Waals surface area contributed by atoms with Gasteiger partial charge in [0.15, 0.2) is 0 Å². The molecule has 27 heavy (non-hydrogen) atoms. The molecule has 2 fully saturated rings. The molecule has 0 aliphatic carbocycles. The Balaban J connectivity index is 1.45. The van der Waals surface area contributed by atoms with Gasteiger partial charge >= 0.3 is 6.03 Å². The fourth-order valence-corrected chi connectivity index (χ4v) is 3.22. The standard InChI is InChI=1S/C19H19FN6O/c20-14-5-8-25(11-14)18-2-1-13(10-23-18)17(21)9-15-12-26(19(27)24-15)16-3-6-22-7-4-16/h1-4,6-7,9-10,14,21H,5,8,11-12H2,(H,24,27)/b15-9-,21-17?/t14-/m0/s1. The zero-order chi connectivity index (χ0) is 18.8. The van der Waals surface area contributed by atoms with Crippen LogP contribution in [0.5, 0.6) is 0 Å². The van der Waals surface area contributed by atoms with E-state index < -0.39 is 6.17 Å².